The molecule has 0 bridgehead atoms. The van der Waals surface area contributed by atoms with Crippen molar-refractivity contribution in [2.45, 2.75) is 6.92 Å². The Balaban J connectivity index is 1.93. The van der Waals surface area contributed by atoms with Crippen molar-refractivity contribution in [3.8, 4) is 22.8 Å². The van der Waals surface area contributed by atoms with E-state index in [0.717, 1.165) is 34.0 Å². The standard InChI is InChI=1S/C15H14N4O2/c1-9-6-11(19-14(7-9)17-15(16)18-19)10-2-3-12-13(8-10)21-5-4-20-12/h2-3,6-8H,4-5H2,1H3,(H2,16,18). The molecule has 0 fully saturated rings. The Bertz CT molecular complexity index is 841. The van der Waals surface area contributed by atoms with Gasteiger partial charge in [0, 0.05) is 5.56 Å². The minimum absolute atomic E-state index is 0.263. The van der Waals surface area contributed by atoms with E-state index in [1.54, 1.807) is 4.52 Å². The highest BCUT2D eigenvalue weighted by Gasteiger charge is 2.15. The molecule has 21 heavy (non-hydrogen) atoms. The number of fused-ring (bicyclic) bond motifs is 2. The Labute approximate surface area is 121 Å². The van der Waals surface area contributed by atoms with E-state index in [0.29, 0.717) is 13.2 Å². The maximum Gasteiger partial charge on any atom is 0.240 e. The number of rotatable bonds is 1. The summed E-state index contributed by atoms with van der Waals surface area (Å²) in [6.07, 6.45) is 0. The lowest BCUT2D eigenvalue weighted by atomic mass is 10.1. The number of benzene rings is 1. The second kappa shape index (κ2) is 4.37. The van der Waals surface area contributed by atoms with Crippen LogP contribution in [0.4, 0.5) is 5.95 Å². The molecule has 1 aromatic carbocycles. The lowest BCUT2D eigenvalue weighted by molar-refractivity contribution is 0.171. The molecule has 0 spiro atoms. The molecule has 4 rings (SSSR count). The molecule has 0 unspecified atom stereocenters. The Morgan fingerprint density at radius 3 is 2.76 bits per heavy atom. The van der Waals surface area contributed by atoms with Gasteiger partial charge in [0.05, 0.1) is 5.69 Å². The van der Waals surface area contributed by atoms with Crippen molar-refractivity contribution in [2.75, 3.05) is 18.9 Å². The highest BCUT2D eigenvalue weighted by molar-refractivity contribution is 5.68. The maximum absolute atomic E-state index is 5.71. The lowest BCUT2D eigenvalue weighted by Crippen LogP contribution is -2.15. The molecule has 1 aliphatic rings. The van der Waals surface area contributed by atoms with Gasteiger partial charge in [0.2, 0.25) is 5.95 Å². The predicted molar refractivity (Wildman–Crippen MR) is 78.6 cm³/mol. The largest absolute Gasteiger partial charge is 0.486 e. The summed E-state index contributed by atoms with van der Waals surface area (Å²) in [5.41, 5.74) is 9.45. The van der Waals surface area contributed by atoms with Crippen LogP contribution in [0.2, 0.25) is 0 Å². The molecular formula is C15H14N4O2. The van der Waals surface area contributed by atoms with Gasteiger partial charge in [-0.3, -0.25) is 0 Å². The van der Waals surface area contributed by atoms with Gasteiger partial charge in [0.1, 0.15) is 13.2 Å². The first-order chi connectivity index (χ1) is 10.2. The van der Waals surface area contributed by atoms with Gasteiger partial charge in [0.25, 0.3) is 0 Å². The summed E-state index contributed by atoms with van der Waals surface area (Å²) in [7, 11) is 0. The lowest BCUT2D eigenvalue weighted by Gasteiger charge is -2.19. The Morgan fingerprint density at radius 2 is 1.90 bits per heavy atom. The highest BCUT2D eigenvalue weighted by atomic mass is 16.6. The van der Waals surface area contributed by atoms with Crippen LogP contribution >= 0.6 is 0 Å². The van der Waals surface area contributed by atoms with Crippen LogP contribution in [0, 0.1) is 6.92 Å². The van der Waals surface area contributed by atoms with Crippen molar-refractivity contribution in [3.05, 3.63) is 35.9 Å². The monoisotopic (exact) mass is 282 g/mol. The van der Waals surface area contributed by atoms with E-state index < -0.39 is 0 Å². The van der Waals surface area contributed by atoms with Gasteiger partial charge >= 0.3 is 0 Å². The number of ether oxygens (including phenoxy) is 2. The number of nitrogens with two attached hydrogens (primary N) is 1. The second-order valence-electron chi connectivity index (χ2n) is 5.02. The molecule has 0 saturated carbocycles. The van der Waals surface area contributed by atoms with Crippen molar-refractivity contribution >= 4 is 11.6 Å². The summed E-state index contributed by atoms with van der Waals surface area (Å²) in [5.74, 6) is 1.79. The quantitative estimate of drug-likeness (QED) is 0.739. The van der Waals surface area contributed by atoms with Crippen molar-refractivity contribution in [1.82, 2.24) is 14.6 Å². The SMILES string of the molecule is Cc1cc(-c2ccc3c(c2)OCCO3)n2nc(N)nc2c1. The van der Waals surface area contributed by atoms with Gasteiger partial charge in [-0.15, -0.1) is 5.10 Å². The minimum Gasteiger partial charge on any atom is -0.486 e. The van der Waals surface area contributed by atoms with Crippen LogP contribution in [-0.2, 0) is 0 Å². The third kappa shape index (κ3) is 1.96. The van der Waals surface area contributed by atoms with E-state index in [9.17, 15) is 0 Å². The van der Waals surface area contributed by atoms with Gasteiger partial charge in [-0.05, 0) is 42.8 Å². The van der Waals surface area contributed by atoms with E-state index in [1.165, 1.54) is 0 Å². The van der Waals surface area contributed by atoms with Gasteiger partial charge in [-0.2, -0.15) is 4.98 Å². The number of pyridine rings is 1. The van der Waals surface area contributed by atoms with Crippen LogP contribution in [-0.4, -0.2) is 27.8 Å². The minimum atomic E-state index is 0.263. The van der Waals surface area contributed by atoms with Gasteiger partial charge in [0.15, 0.2) is 17.1 Å². The average Bonchev–Trinajstić information content (AvgIpc) is 2.86. The van der Waals surface area contributed by atoms with Gasteiger partial charge in [-0.1, -0.05) is 0 Å². The van der Waals surface area contributed by atoms with E-state index in [4.69, 9.17) is 15.2 Å². The Hall–Kier alpha value is -2.76. The van der Waals surface area contributed by atoms with Crippen molar-refractivity contribution in [1.29, 1.82) is 0 Å². The number of nitrogens with zero attached hydrogens (tertiary/aromatic N) is 3. The fourth-order valence-electron chi connectivity index (χ4n) is 2.54. The van der Waals surface area contributed by atoms with Crippen molar-refractivity contribution < 1.29 is 9.47 Å². The third-order valence-corrected chi connectivity index (χ3v) is 3.44. The molecule has 1 aliphatic heterocycles. The number of hydrogen-bond acceptors (Lipinski definition) is 5. The number of nitrogen functional groups attached to an aromatic ring is 1. The fourth-order valence-corrected chi connectivity index (χ4v) is 2.54. The second-order valence-corrected chi connectivity index (χ2v) is 5.02. The first kappa shape index (κ1) is 12.0. The Morgan fingerprint density at radius 1 is 1.10 bits per heavy atom. The van der Waals surface area contributed by atoms with E-state index in [1.807, 2.05) is 37.3 Å². The Kier molecular flexibility index (Phi) is 2.50. The summed E-state index contributed by atoms with van der Waals surface area (Å²) in [4.78, 5) is 4.22. The molecule has 3 heterocycles. The first-order valence-electron chi connectivity index (χ1n) is 6.74. The zero-order chi connectivity index (χ0) is 14.4. The maximum atomic E-state index is 5.71. The average molecular weight is 282 g/mol. The van der Waals surface area contributed by atoms with Crippen LogP contribution in [0.5, 0.6) is 11.5 Å². The van der Waals surface area contributed by atoms with Gasteiger partial charge in [-0.25, -0.2) is 4.52 Å². The molecule has 106 valence electrons. The predicted octanol–water partition coefficient (Wildman–Crippen LogP) is 2.06. The number of aromatic nitrogens is 3. The summed E-state index contributed by atoms with van der Waals surface area (Å²) in [5, 5.41) is 4.25. The molecule has 2 N–H and O–H groups in total. The van der Waals surface area contributed by atoms with E-state index in [-0.39, 0.29) is 5.95 Å². The number of aryl methyl sites for hydroxylation is 1. The van der Waals surface area contributed by atoms with Crippen LogP contribution in [0.25, 0.3) is 16.9 Å². The van der Waals surface area contributed by atoms with Crippen LogP contribution in [0.3, 0.4) is 0 Å². The normalized spacial score (nSPS) is 13.6. The molecule has 3 aromatic rings. The number of hydrogen-bond donors (Lipinski definition) is 1. The summed E-state index contributed by atoms with van der Waals surface area (Å²) >= 11 is 0. The topological polar surface area (TPSA) is 74.7 Å². The third-order valence-electron chi connectivity index (χ3n) is 3.44. The molecule has 0 radical (unpaired) electrons. The smallest absolute Gasteiger partial charge is 0.240 e. The zero-order valence-electron chi connectivity index (χ0n) is 11.5. The van der Waals surface area contributed by atoms with Crippen molar-refractivity contribution in [3.63, 3.8) is 0 Å². The molecule has 0 aliphatic carbocycles. The van der Waals surface area contributed by atoms with E-state index in [2.05, 4.69) is 10.1 Å². The molecule has 0 saturated heterocycles. The highest BCUT2D eigenvalue weighted by Crippen LogP contribution is 2.34. The van der Waals surface area contributed by atoms with Crippen molar-refractivity contribution in [2.24, 2.45) is 0 Å². The molecule has 0 amide bonds. The van der Waals surface area contributed by atoms with Crippen LogP contribution in [0.15, 0.2) is 30.3 Å². The van der Waals surface area contributed by atoms with Gasteiger partial charge < -0.3 is 15.2 Å². The number of anilines is 1. The van der Waals surface area contributed by atoms with Crippen LogP contribution < -0.4 is 15.2 Å². The van der Waals surface area contributed by atoms with E-state index >= 15 is 0 Å². The summed E-state index contributed by atoms with van der Waals surface area (Å²) < 4.78 is 12.9. The fraction of sp³-hybridized carbons (Fsp3) is 0.200. The zero-order valence-corrected chi connectivity index (χ0v) is 11.5. The molecule has 0 atom stereocenters. The molecular weight excluding hydrogens is 268 g/mol. The molecule has 2 aromatic heterocycles. The molecule has 6 heteroatoms. The first-order valence-corrected chi connectivity index (χ1v) is 6.74. The van der Waals surface area contributed by atoms with Crippen LogP contribution in [0.1, 0.15) is 5.56 Å². The molecule has 6 nitrogen and oxygen atoms in total. The summed E-state index contributed by atoms with van der Waals surface area (Å²) in [6.45, 7) is 3.17. The summed E-state index contributed by atoms with van der Waals surface area (Å²) in [6, 6.07) is 9.86.